The summed E-state index contributed by atoms with van der Waals surface area (Å²) in [6.45, 7) is 3.56. The fraction of sp³-hybridized carbons (Fsp3) is 0.440. The number of hydrogen-bond acceptors (Lipinski definition) is 3. The van der Waals surface area contributed by atoms with Gasteiger partial charge in [0.05, 0.1) is 11.5 Å². The molecule has 158 valence electrons. The number of aliphatic hydroxyl groups excluding tert-OH is 1. The van der Waals surface area contributed by atoms with E-state index in [0.29, 0.717) is 31.5 Å². The third kappa shape index (κ3) is 3.86. The lowest BCUT2D eigenvalue weighted by molar-refractivity contribution is -0.147. The van der Waals surface area contributed by atoms with Gasteiger partial charge in [0, 0.05) is 25.2 Å². The molecular weight excluding hydrogens is 376 g/mol. The van der Waals surface area contributed by atoms with E-state index in [4.69, 9.17) is 0 Å². The third-order valence-corrected chi connectivity index (χ3v) is 6.57. The third-order valence-electron chi connectivity index (χ3n) is 6.57. The number of nitrogens with zero attached hydrogens (tertiary/aromatic N) is 1. The number of amides is 2. The quantitative estimate of drug-likeness (QED) is 0.818. The van der Waals surface area contributed by atoms with Gasteiger partial charge in [-0.1, -0.05) is 49.7 Å². The van der Waals surface area contributed by atoms with Gasteiger partial charge in [0.25, 0.3) is 5.91 Å². The Labute approximate surface area is 178 Å². The lowest BCUT2D eigenvalue weighted by Crippen LogP contribution is -2.62. The van der Waals surface area contributed by atoms with Gasteiger partial charge in [0.1, 0.15) is 0 Å². The minimum atomic E-state index is -0.869. The number of likely N-dealkylation sites (tertiary alicyclic amines) is 1. The molecule has 2 heterocycles. The van der Waals surface area contributed by atoms with E-state index < -0.39 is 11.5 Å². The average molecular weight is 407 g/mol. The highest BCUT2D eigenvalue weighted by molar-refractivity contribution is 5.95. The molecular formula is C25H30N2O3. The van der Waals surface area contributed by atoms with Gasteiger partial charge in [-0.3, -0.25) is 9.59 Å². The predicted octanol–water partition coefficient (Wildman–Crippen LogP) is 3.41. The van der Waals surface area contributed by atoms with Gasteiger partial charge in [-0.2, -0.15) is 0 Å². The summed E-state index contributed by atoms with van der Waals surface area (Å²) in [6.07, 6.45) is 3.40. The molecule has 0 aliphatic carbocycles. The zero-order valence-electron chi connectivity index (χ0n) is 17.6. The highest BCUT2D eigenvalue weighted by Crippen LogP contribution is 2.37. The van der Waals surface area contributed by atoms with Crippen LogP contribution in [-0.2, 0) is 11.2 Å². The summed E-state index contributed by atoms with van der Waals surface area (Å²) in [5.74, 6) is -0.204. The molecule has 2 aromatic carbocycles. The SMILES string of the molecule is CCCc1ccc(-c2ccc(C(=O)N3CC[C@@H](O)[C@@]4(CCCNC4=O)C3)cc2)cc1. The van der Waals surface area contributed by atoms with Crippen LogP contribution in [0.15, 0.2) is 48.5 Å². The van der Waals surface area contributed by atoms with Crippen LogP contribution in [0.1, 0.15) is 48.5 Å². The maximum Gasteiger partial charge on any atom is 0.253 e. The molecule has 2 aliphatic rings. The number of piperidine rings is 2. The highest BCUT2D eigenvalue weighted by Gasteiger charge is 2.50. The maximum atomic E-state index is 13.1. The molecule has 0 aromatic heterocycles. The van der Waals surface area contributed by atoms with E-state index in [9.17, 15) is 14.7 Å². The predicted molar refractivity (Wildman–Crippen MR) is 117 cm³/mol. The summed E-state index contributed by atoms with van der Waals surface area (Å²) in [4.78, 5) is 27.4. The van der Waals surface area contributed by atoms with Crippen LogP contribution in [0.3, 0.4) is 0 Å². The molecule has 0 saturated carbocycles. The van der Waals surface area contributed by atoms with Crippen LogP contribution in [0, 0.1) is 5.41 Å². The van der Waals surface area contributed by atoms with Crippen LogP contribution in [0.25, 0.3) is 11.1 Å². The van der Waals surface area contributed by atoms with E-state index in [0.717, 1.165) is 30.4 Å². The van der Waals surface area contributed by atoms with Gasteiger partial charge in [-0.15, -0.1) is 0 Å². The molecule has 2 aliphatic heterocycles. The van der Waals surface area contributed by atoms with Crippen molar-refractivity contribution in [2.75, 3.05) is 19.6 Å². The number of hydrogen-bond donors (Lipinski definition) is 2. The summed E-state index contributed by atoms with van der Waals surface area (Å²) < 4.78 is 0. The first-order valence-electron chi connectivity index (χ1n) is 11.0. The Morgan fingerprint density at radius 1 is 1.13 bits per heavy atom. The molecule has 1 spiro atoms. The lowest BCUT2D eigenvalue weighted by Gasteiger charge is -2.46. The Hall–Kier alpha value is -2.66. The number of rotatable bonds is 4. The van der Waals surface area contributed by atoms with Crippen molar-refractivity contribution < 1.29 is 14.7 Å². The highest BCUT2D eigenvalue weighted by atomic mass is 16.3. The first-order chi connectivity index (χ1) is 14.5. The van der Waals surface area contributed by atoms with Crippen LogP contribution in [-0.4, -0.2) is 47.6 Å². The minimum Gasteiger partial charge on any atom is -0.392 e. The molecule has 5 nitrogen and oxygen atoms in total. The van der Waals surface area contributed by atoms with Crippen LogP contribution >= 0.6 is 0 Å². The Morgan fingerprint density at radius 3 is 2.43 bits per heavy atom. The summed E-state index contributed by atoms with van der Waals surface area (Å²) in [7, 11) is 0. The molecule has 2 N–H and O–H groups in total. The van der Waals surface area contributed by atoms with Crippen molar-refractivity contribution >= 4 is 11.8 Å². The number of nitrogens with one attached hydrogen (secondary N) is 1. The molecule has 5 heteroatoms. The smallest absolute Gasteiger partial charge is 0.253 e. The van der Waals surface area contributed by atoms with Crippen molar-refractivity contribution in [1.82, 2.24) is 10.2 Å². The Morgan fingerprint density at radius 2 is 1.80 bits per heavy atom. The van der Waals surface area contributed by atoms with Gasteiger partial charge >= 0.3 is 0 Å². The number of aliphatic hydroxyl groups is 1. The van der Waals surface area contributed by atoms with Crippen LogP contribution in [0.2, 0.25) is 0 Å². The fourth-order valence-corrected chi connectivity index (χ4v) is 4.76. The van der Waals surface area contributed by atoms with Gasteiger partial charge < -0.3 is 15.3 Å². The van der Waals surface area contributed by atoms with E-state index in [1.54, 1.807) is 4.90 Å². The molecule has 2 amide bonds. The minimum absolute atomic E-state index is 0.0792. The lowest BCUT2D eigenvalue weighted by atomic mass is 9.71. The molecule has 0 radical (unpaired) electrons. The van der Waals surface area contributed by atoms with E-state index in [1.165, 1.54) is 5.56 Å². The normalized spacial score (nSPS) is 24.0. The maximum absolute atomic E-state index is 13.1. The summed E-state index contributed by atoms with van der Waals surface area (Å²) >= 11 is 0. The Bertz CT molecular complexity index is 907. The number of benzene rings is 2. The Balaban J connectivity index is 1.49. The zero-order valence-corrected chi connectivity index (χ0v) is 17.6. The second kappa shape index (κ2) is 8.60. The van der Waals surface area contributed by atoms with E-state index in [-0.39, 0.29) is 18.4 Å². The van der Waals surface area contributed by atoms with Crippen LogP contribution < -0.4 is 5.32 Å². The summed E-state index contributed by atoms with van der Waals surface area (Å²) in [5.41, 5.74) is 3.29. The number of aryl methyl sites for hydroxylation is 1. The Kier molecular flexibility index (Phi) is 5.91. The number of carbonyl (C=O) groups is 2. The zero-order chi connectivity index (χ0) is 21.1. The molecule has 4 rings (SSSR count). The fourth-order valence-electron chi connectivity index (χ4n) is 4.76. The van der Waals surface area contributed by atoms with E-state index in [2.05, 4.69) is 36.5 Å². The first kappa shape index (κ1) is 20.6. The second-order valence-corrected chi connectivity index (χ2v) is 8.57. The van der Waals surface area contributed by atoms with Gasteiger partial charge in [0.15, 0.2) is 0 Å². The van der Waals surface area contributed by atoms with Crippen LogP contribution in [0.5, 0.6) is 0 Å². The molecule has 2 fully saturated rings. The second-order valence-electron chi connectivity index (χ2n) is 8.57. The van der Waals surface area contributed by atoms with Crippen molar-refractivity contribution in [2.24, 2.45) is 5.41 Å². The number of carbonyl (C=O) groups excluding carboxylic acids is 2. The molecule has 0 unspecified atom stereocenters. The monoisotopic (exact) mass is 406 g/mol. The standard InChI is InChI=1S/C25H30N2O3/c1-2-4-18-5-7-19(8-6-18)20-9-11-21(12-10-20)23(29)27-16-13-22(28)25(17-27)14-3-15-26-24(25)30/h5-12,22,28H,2-4,13-17H2,1H3,(H,26,30)/t22-,25-/m1/s1. The van der Waals surface area contributed by atoms with Crippen molar-refractivity contribution in [3.8, 4) is 11.1 Å². The first-order valence-corrected chi connectivity index (χ1v) is 11.0. The molecule has 2 saturated heterocycles. The van der Waals surface area contributed by atoms with Gasteiger partial charge in [-0.05, 0) is 54.5 Å². The van der Waals surface area contributed by atoms with Crippen molar-refractivity contribution in [3.63, 3.8) is 0 Å². The van der Waals surface area contributed by atoms with E-state index in [1.807, 2.05) is 24.3 Å². The van der Waals surface area contributed by atoms with E-state index >= 15 is 0 Å². The largest absolute Gasteiger partial charge is 0.392 e. The van der Waals surface area contributed by atoms with Crippen molar-refractivity contribution in [2.45, 2.75) is 45.1 Å². The average Bonchev–Trinajstić information content (AvgIpc) is 2.78. The van der Waals surface area contributed by atoms with Crippen molar-refractivity contribution in [3.05, 3.63) is 59.7 Å². The van der Waals surface area contributed by atoms with Crippen LogP contribution in [0.4, 0.5) is 0 Å². The molecule has 2 atom stereocenters. The topological polar surface area (TPSA) is 69.6 Å². The molecule has 2 aromatic rings. The molecule has 0 bridgehead atoms. The summed E-state index contributed by atoms with van der Waals surface area (Å²) in [6, 6.07) is 16.2. The molecule has 30 heavy (non-hydrogen) atoms. The van der Waals surface area contributed by atoms with Crippen molar-refractivity contribution in [1.29, 1.82) is 0 Å². The van der Waals surface area contributed by atoms with Gasteiger partial charge in [0.2, 0.25) is 5.91 Å². The van der Waals surface area contributed by atoms with Gasteiger partial charge in [-0.25, -0.2) is 0 Å². The summed E-state index contributed by atoms with van der Waals surface area (Å²) in [5, 5.41) is 13.4.